The van der Waals surface area contributed by atoms with Crippen molar-refractivity contribution in [2.45, 2.75) is 45.6 Å². The summed E-state index contributed by atoms with van der Waals surface area (Å²) in [5.74, 6) is 0.102. The summed E-state index contributed by atoms with van der Waals surface area (Å²) in [6.45, 7) is 4.01. The van der Waals surface area contributed by atoms with Crippen LogP contribution in [0.5, 0.6) is 11.5 Å². The molecule has 0 bridgehead atoms. The van der Waals surface area contributed by atoms with Crippen LogP contribution < -0.4 is 9.47 Å². The van der Waals surface area contributed by atoms with Crippen molar-refractivity contribution in [3.8, 4) is 11.5 Å². The molecule has 1 saturated heterocycles. The van der Waals surface area contributed by atoms with Gasteiger partial charge in [0, 0.05) is 6.04 Å². The van der Waals surface area contributed by atoms with Crippen LogP contribution in [0.15, 0.2) is 58.4 Å². The average Bonchev–Trinajstić information content (AvgIpc) is 3.14. The van der Waals surface area contributed by atoms with E-state index in [0.29, 0.717) is 34.1 Å². The van der Waals surface area contributed by atoms with Gasteiger partial charge in [-0.05, 0) is 73.4 Å². The first-order valence-electron chi connectivity index (χ1n) is 11.9. The maximum Gasteiger partial charge on any atom is 0.341 e. The summed E-state index contributed by atoms with van der Waals surface area (Å²) in [4.78, 5) is 31.9. The van der Waals surface area contributed by atoms with Crippen molar-refractivity contribution >= 4 is 40.6 Å². The molecule has 0 unspecified atom stereocenters. The largest absolute Gasteiger partial charge is 0.490 e. The quantitative estimate of drug-likeness (QED) is 0.472. The fourth-order valence-electron chi connectivity index (χ4n) is 4.44. The molecule has 2 fully saturated rings. The lowest BCUT2D eigenvalue weighted by atomic mass is 9.85. The summed E-state index contributed by atoms with van der Waals surface area (Å²) in [5, 5.41) is 9.63. The number of benzene rings is 2. The first-order chi connectivity index (χ1) is 17.0. The third-order valence-corrected chi connectivity index (χ3v) is 7.12. The summed E-state index contributed by atoms with van der Waals surface area (Å²) >= 11 is 1.39. The van der Waals surface area contributed by atoms with E-state index in [0.717, 1.165) is 30.5 Å². The Morgan fingerprint density at radius 2 is 1.91 bits per heavy atom. The maximum atomic E-state index is 13.6. The molecule has 1 aliphatic heterocycles. The number of carbonyl (C=O) groups is 2. The van der Waals surface area contributed by atoms with Crippen molar-refractivity contribution in [2.75, 3.05) is 13.2 Å². The van der Waals surface area contributed by atoms with Crippen molar-refractivity contribution in [3.63, 3.8) is 0 Å². The number of carbonyl (C=O) groups excluding carboxylic acids is 1. The Labute approximate surface area is 209 Å². The lowest BCUT2D eigenvalue weighted by molar-refractivity contribution is -0.139. The zero-order valence-electron chi connectivity index (χ0n) is 20.0. The molecular formula is C27H30N2O5S. The molecule has 1 aliphatic carbocycles. The summed E-state index contributed by atoms with van der Waals surface area (Å²) in [6.07, 6.45) is 6.21. The molecular weight excluding hydrogens is 464 g/mol. The standard InChI is InChI=1S/C27H30N2O5S/c1-3-33-23-15-19(13-14-22(23)34-17-25(30)31)16-24-26(32)29(21-12-8-7-9-18(21)2)27(35-24)28-20-10-5-4-6-11-20/h4-6,10-11,13-16,18,21H,3,7-9,12,17H2,1-2H3,(H,30,31)/b24-16-,28-27?/t18-,21+/m0/s1. The number of carboxylic acid groups (broad SMARTS) is 1. The molecule has 1 amide bonds. The van der Waals surface area contributed by atoms with Crippen LogP contribution in [-0.4, -0.2) is 46.3 Å². The molecule has 2 aromatic carbocycles. The highest BCUT2D eigenvalue weighted by Crippen LogP contribution is 2.40. The summed E-state index contributed by atoms with van der Waals surface area (Å²) in [5.41, 5.74) is 1.58. The van der Waals surface area contributed by atoms with Crippen molar-refractivity contribution in [3.05, 3.63) is 59.0 Å². The smallest absolute Gasteiger partial charge is 0.341 e. The number of thioether (sulfide) groups is 1. The number of hydrogen-bond acceptors (Lipinski definition) is 6. The Bertz CT molecular complexity index is 1130. The molecule has 0 aromatic heterocycles. The predicted octanol–water partition coefficient (Wildman–Crippen LogP) is 5.73. The molecule has 2 atom stereocenters. The Hall–Kier alpha value is -3.26. The second-order valence-corrected chi connectivity index (χ2v) is 9.68. The van der Waals surface area contributed by atoms with Gasteiger partial charge in [0.1, 0.15) is 0 Å². The number of ether oxygens (including phenoxy) is 2. The van der Waals surface area contributed by atoms with Gasteiger partial charge in [0.2, 0.25) is 0 Å². The van der Waals surface area contributed by atoms with Gasteiger partial charge in [0.05, 0.1) is 17.2 Å². The number of para-hydroxylation sites is 1. The highest BCUT2D eigenvalue weighted by atomic mass is 32.2. The lowest BCUT2D eigenvalue weighted by Gasteiger charge is -2.35. The van der Waals surface area contributed by atoms with E-state index in [9.17, 15) is 9.59 Å². The van der Waals surface area contributed by atoms with Gasteiger partial charge >= 0.3 is 5.97 Å². The molecule has 1 N–H and O–H groups in total. The molecule has 8 heteroatoms. The van der Waals surface area contributed by atoms with E-state index in [4.69, 9.17) is 19.6 Å². The minimum absolute atomic E-state index is 0.0346. The number of carboxylic acids is 1. The molecule has 2 aromatic rings. The van der Waals surface area contributed by atoms with Gasteiger partial charge in [0.15, 0.2) is 23.3 Å². The van der Waals surface area contributed by atoms with Crippen molar-refractivity contribution in [1.82, 2.24) is 4.90 Å². The lowest BCUT2D eigenvalue weighted by Crippen LogP contribution is -2.44. The average molecular weight is 495 g/mol. The molecule has 35 heavy (non-hydrogen) atoms. The molecule has 4 rings (SSSR count). The van der Waals surface area contributed by atoms with E-state index in [1.807, 2.05) is 48.2 Å². The van der Waals surface area contributed by atoms with E-state index >= 15 is 0 Å². The minimum Gasteiger partial charge on any atom is -0.490 e. The number of amidine groups is 1. The van der Waals surface area contributed by atoms with Gasteiger partial charge < -0.3 is 14.6 Å². The van der Waals surface area contributed by atoms with E-state index in [2.05, 4.69) is 6.92 Å². The molecule has 0 radical (unpaired) electrons. The summed E-state index contributed by atoms with van der Waals surface area (Å²) < 4.78 is 11.0. The highest BCUT2D eigenvalue weighted by Gasteiger charge is 2.41. The summed E-state index contributed by atoms with van der Waals surface area (Å²) in [6, 6.07) is 15.1. The number of aliphatic carboxylic acids is 1. The fourth-order valence-corrected chi connectivity index (χ4v) is 5.49. The summed E-state index contributed by atoms with van der Waals surface area (Å²) in [7, 11) is 0. The van der Waals surface area contributed by atoms with Crippen LogP contribution in [0.25, 0.3) is 6.08 Å². The monoisotopic (exact) mass is 494 g/mol. The van der Waals surface area contributed by atoms with Crippen LogP contribution in [0.4, 0.5) is 5.69 Å². The molecule has 1 saturated carbocycles. The molecule has 2 aliphatic rings. The van der Waals surface area contributed by atoms with Gasteiger partial charge in [0.25, 0.3) is 5.91 Å². The van der Waals surface area contributed by atoms with Crippen LogP contribution >= 0.6 is 11.8 Å². The number of aliphatic imine (C=N–C) groups is 1. The number of hydrogen-bond donors (Lipinski definition) is 1. The van der Waals surface area contributed by atoms with Crippen molar-refractivity contribution < 1.29 is 24.2 Å². The molecule has 184 valence electrons. The van der Waals surface area contributed by atoms with E-state index < -0.39 is 12.6 Å². The minimum atomic E-state index is -1.06. The van der Waals surface area contributed by atoms with Crippen LogP contribution in [0.3, 0.4) is 0 Å². The van der Waals surface area contributed by atoms with Crippen LogP contribution in [0.1, 0.15) is 45.1 Å². The topological polar surface area (TPSA) is 88.4 Å². The molecule has 1 heterocycles. The molecule has 7 nitrogen and oxygen atoms in total. The van der Waals surface area contributed by atoms with E-state index in [1.165, 1.54) is 18.2 Å². The highest BCUT2D eigenvalue weighted by molar-refractivity contribution is 8.18. The zero-order valence-corrected chi connectivity index (χ0v) is 20.8. The zero-order chi connectivity index (χ0) is 24.8. The van der Waals surface area contributed by atoms with Crippen molar-refractivity contribution in [1.29, 1.82) is 0 Å². The van der Waals surface area contributed by atoms with Gasteiger partial charge in [-0.2, -0.15) is 0 Å². The van der Waals surface area contributed by atoms with Crippen molar-refractivity contribution in [2.24, 2.45) is 10.9 Å². The molecule has 0 spiro atoms. The van der Waals surface area contributed by atoms with Crippen LogP contribution in [0.2, 0.25) is 0 Å². The Balaban J connectivity index is 1.67. The first-order valence-corrected chi connectivity index (χ1v) is 12.8. The first kappa shape index (κ1) is 24.9. The van der Waals surface area contributed by atoms with E-state index in [-0.39, 0.29) is 11.9 Å². The maximum absolute atomic E-state index is 13.6. The Morgan fingerprint density at radius 1 is 1.14 bits per heavy atom. The van der Waals surface area contributed by atoms with Gasteiger partial charge in [-0.25, -0.2) is 9.79 Å². The predicted molar refractivity (Wildman–Crippen MR) is 138 cm³/mol. The Morgan fingerprint density at radius 3 is 2.63 bits per heavy atom. The third-order valence-electron chi connectivity index (χ3n) is 6.13. The van der Waals surface area contributed by atoms with Gasteiger partial charge in [-0.1, -0.05) is 44.0 Å². The number of rotatable bonds is 8. The van der Waals surface area contributed by atoms with Crippen LogP contribution in [-0.2, 0) is 9.59 Å². The number of amides is 1. The fraction of sp³-hybridized carbons (Fsp3) is 0.370. The van der Waals surface area contributed by atoms with Gasteiger partial charge in [-0.15, -0.1) is 0 Å². The normalized spacial score (nSPS) is 22.6. The van der Waals surface area contributed by atoms with Gasteiger partial charge in [-0.3, -0.25) is 9.69 Å². The van der Waals surface area contributed by atoms with E-state index in [1.54, 1.807) is 18.2 Å². The number of nitrogens with zero attached hydrogens (tertiary/aromatic N) is 2. The third kappa shape index (κ3) is 6.06. The SMILES string of the molecule is CCOc1cc(/C=C2\SC(=Nc3ccccc3)N([C@@H]3CCCC[C@@H]3C)C2=O)ccc1OCC(=O)O. The second kappa shape index (κ2) is 11.4. The second-order valence-electron chi connectivity index (χ2n) is 8.67. The van der Waals surface area contributed by atoms with Crippen LogP contribution in [0, 0.1) is 5.92 Å². The Kier molecular flexibility index (Phi) is 8.13.